The first kappa shape index (κ1) is 15.8. The lowest BCUT2D eigenvalue weighted by molar-refractivity contribution is 0.0688. The summed E-state index contributed by atoms with van der Waals surface area (Å²) in [6.45, 7) is 5.92. The zero-order valence-electron chi connectivity index (χ0n) is 11.0. The summed E-state index contributed by atoms with van der Waals surface area (Å²) < 4.78 is 15.4. The highest BCUT2D eigenvalue weighted by molar-refractivity contribution is 4.65. The molecule has 0 aromatic carbocycles. The molecule has 1 unspecified atom stereocenters. The Kier molecular flexibility index (Phi) is 12.8. The van der Waals surface area contributed by atoms with Gasteiger partial charge >= 0.3 is 0 Å². The van der Waals surface area contributed by atoms with Crippen LogP contribution in [0.15, 0.2) is 0 Å². The van der Waals surface area contributed by atoms with Gasteiger partial charge in [0.1, 0.15) is 0 Å². The minimum absolute atomic E-state index is 0.455. The summed E-state index contributed by atoms with van der Waals surface area (Å²) in [5, 5.41) is 3.44. The number of methoxy groups -OCH3 is 2. The van der Waals surface area contributed by atoms with Gasteiger partial charge in [0.15, 0.2) is 0 Å². The van der Waals surface area contributed by atoms with Crippen LogP contribution in [-0.4, -0.2) is 53.2 Å². The van der Waals surface area contributed by atoms with E-state index in [-0.39, 0.29) is 0 Å². The maximum atomic E-state index is 5.38. The summed E-state index contributed by atoms with van der Waals surface area (Å²) in [7, 11) is 3.43. The van der Waals surface area contributed by atoms with Gasteiger partial charge < -0.3 is 19.5 Å². The molecule has 0 aromatic rings. The third-order valence-electron chi connectivity index (χ3n) is 2.39. The van der Waals surface area contributed by atoms with Crippen molar-refractivity contribution in [1.82, 2.24) is 5.32 Å². The van der Waals surface area contributed by atoms with E-state index in [1.165, 1.54) is 19.3 Å². The topological polar surface area (TPSA) is 39.7 Å². The lowest BCUT2D eigenvalue weighted by atomic mass is 10.1. The quantitative estimate of drug-likeness (QED) is 0.518. The van der Waals surface area contributed by atoms with Crippen LogP contribution in [-0.2, 0) is 14.2 Å². The maximum Gasteiger partial charge on any atom is 0.0700 e. The van der Waals surface area contributed by atoms with Crippen molar-refractivity contribution < 1.29 is 14.2 Å². The van der Waals surface area contributed by atoms with Gasteiger partial charge in [0.25, 0.3) is 0 Å². The van der Waals surface area contributed by atoms with Gasteiger partial charge in [-0.15, -0.1) is 0 Å². The highest BCUT2D eigenvalue weighted by atomic mass is 16.5. The number of unbranched alkanes of at least 4 members (excludes halogenated alkanes) is 1. The van der Waals surface area contributed by atoms with Gasteiger partial charge in [-0.25, -0.2) is 0 Å². The van der Waals surface area contributed by atoms with E-state index >= 15 is 0 Å². The summed E-state index contributed by atoms with van der Waals surface area (Å²) in [6.07, 6.45) is 3.64. The van der Waals surface area contributed by atoms with Gasteiger partial charge in [-0.05, 0) is 6.42 Å². The second kappa shape index (κ2) is 12.9. The Morgan fingerprint density at radius 2 is 1.88 bits per heavy atom. The summed E-state index contributed by atoms with van der Waals surface area (Å²) in [4.78, 5) is 0. The molecule has 1 atom stereocenters. The van der Waals surface area contributed by atoms with E-state index in [1.54, 1.807) is 14.2 Å². The summed E-state index contributed by atoms with van der Waals surface area (Å²) >= 11 is 0. The Morgan fingerprint density at radius 1 is 1.06 bits per heavy atom. The lowest BCUT2D eigenvalue weighted by Gasteiger charge is -2.17. The second-order valence-corrected chi connectivity index (χ2v) is 3.85. The Bertz CT molecular complexity index is 133. The van der Waals surface area contributed by atoms with E-state index in [4.69, 9.17) is 14.2 Å². The van der Waals surface area contributed by atoms with Crippen molar-refractivity contribution in [2.75, 3.05) is 47.2 Å². The van der Waals surface area contributed by atoms with Crippen molar-refractivity contribution in [1.29, 1.82) is 0 Å². The van der Waals surface area contributed by atoms with Crippen LogP contribution in [0.25, 0.3) is 0 Å². The molecule has 98 valence electrons. The maximum absolute atomic E-state index is 5.38. The molecule has 0 spiro atoms. The predicted molar refractivity (Wildman–Crippen MR) is 65.9 cm³/mol. The molecule has 0 aromatic heterocycles. The van der Waals surface area contributed by atoms with Crippen LogP contribution < -0.4 is 5.32 Å². The SMILES string of the molecule is CCCCC(COC)NCCOCCOC. The molecule has 0 amide bonds. The molecule has 0 aliphatic heterocycles. The standard InChI is InChI=1S/C12H27NO3/c1-4-5-6-12(11-15-3)13-7-8-16-10-9-14-2/h12-13H,4-11H2,1-3H3. The van der Waals surface area contributed by atoms with Crippen molar-refractivity contribution in [3.63, 3.8) is 0 Å². The number of nitrogens with one attached hydrogen (secondary N) is 1. The molecule has 0 saturated carbocycles. The number of ether oxygens (including phenoxy) is 3. The lowest BCUT2D eigenvalue weighted by Crippen LogP contribution is -2.35. The minimum Gasteiger partial charge on any atom is -0.383 e. The average Bonchev–Trinajstić information content (AvgIpc) is 2.30. The fourth-order valence-corrected chi connectivity index (χ4v) is 1.48. The van der Waals surface area contributed by atoms with Gasteiger partial charge in [-0.3, -0.25) is 0 Å². The molecular formula is C12H27NO3. The molecule has 0 heterocycles. The van der Waals surface area contributed by atoms with Gasteiger partial charge in [0.2, 0.25) is 0 Å². The molecule has 1 N–H and O–H groups in total. The Hall–Kier alpha value is -0.160. The summed E-state index contributed by atoms with van der Waals surface area (Å²) in [5.41, 5.74) is 0. The van der Waals surface area contributed by atoms with Crippen LogP contribution >= 0.6 is 0 Å². The molecular weight excluding hydrogens is 206 g/mol. The molecule has 0 aliphatic carbocycles. The zero-order chi connectivity index (χ0) is 12.1. The average molecular weight is 233 g/mol. The van der Waals surface area contributed by atoms with Crippen molar-refractivity contribution in [2.45, 2.75) is 32.2 Å². The van der Waals surface area contributed by atoms with E-state index in [2.05, 4.69) is 12.2 Å². The first-order valence-corrected chi connectivity index (χ1v) is 6.14. The smallest absolute Gasteiger partial charge is 0.0700 e. The molecule has 4 nitrogen and oxygen atoms in total. The monoisotopic (exact) mass is 233 g/mol. The molecule has 0 bridgehead atoms. The van der Waals surface area contributed by atoms with Gasteiger partial charge in [0.05, 0.1) is 26.4 Å². The number of hydrogen-bond acceptors (Lipinski definition) is 4. The van der Waals surface area contributed by atoms with Crippen molar-refractivity contribution >= 4 is 0 Å². The highest BCUT2D eigenvalue weighted by Crippen LogP contribution is 2.00. The molecule has 0 fully saturated rings. The van der Waals surface area contributed by atoms with E-state index < -0.39 is 0 Å². The second-order valence-electron chi connectivity index (χ2n) is 3.85. The van der Waals surface area contributed by atoms with Gasteiger partial charge in [-0.1, -0.05) is 19.8 Å². The van der Waals surface area contributed by atoms with Crippen molar-refractivity contribution in [2.24, 2.45) is 0 Å². The van der Waals surface area contributed by atoms with Crippen LogP contribution in [0.1, 0.15) is 26.2 Å². The number of hydrogen-bond donors (Lipinski definition) is 1. The zero-order valence-corrected chi connectivity index (χ0v) is 11.0. The van der Waals surface area contributed by atoms with Crippen LogP contribution in [0, 0.1) is 0 Å². The predicted octanol–water partition coefficient (Wildman–Crippen LogP) is 1.44. The van der Waals surface area contributed by atoms with Gasteiger partial charge in [0, 0.05) is 26.8 Å². The molecule has 0 saturated heterocycles. The fraction of sp³-hybridized carbons (Fsp3) is 1.00. The number of rotatable bonds is 12. The molecule has 16 heavy (non-hydrogen) atoms. The minimum atomic E-state index is 0.455. The van der Waals surface area contributed by atoms with Crippen molar-refractivity contribution in [3.8, 4) is 0 Å². The molecule has 0 radical (unpaired) electrons. The van der Waals surface area contributed by atoms with Gasteiger partial charge in [-0.2, -0.15) is 0 Å². The van der Waals surface area contributed by atoms with Crippen LogP contribution in [0.2, 0.25) is 0 Å². The van der Waals surface area contributed by atoms with E-state index in [9.17, 15) is 0 Å². The van der Waals surface area contributed by atoms with Crippen LogP contribution in [0.5, 0.6) is 0 Å². The molecule has 4 heteroatoms. The first-order chi connectivity index (χ1) is 7.85. The van der Waals surface area contributed by atoms with Crippen LogP contribution in [0.4, 0.5) is 0 Å². The first-order valence-electron chi connectivity index (χ1n) is 6.14. The summed E-state index contributed by atoms with van der Waals surface area (Å²) in [5.74, 6) is 0. The third-order valence-corrected chi connectivity index (χ3v) is 2.39. The molecule has 0 aliphatic rings. The highest BCUT2D eigenvalue weighted by Gasteiger charge is 2.06. The summed E-state index contributed by atoms with van der Waals surface area (Å²) in [6, 6.07) is 0.455. The largest absolute Gasteiger partial charge is 0.383 e. The van der Waals surface area contributed by atoms with E-state index in [0.717, 1.165) is 19.8 Å². The third kappa shape index (κ3) is 10.4. The van der Waals surface area contributed by atoms with Crippen molar-refractivity contribution in [3.05, 3.63) is 0 Å². The van der Waals surface area contributed by atoms with E-state index in [1.807, 2.05) is 0 Å². The molecule has 0 rings (SSSR count). The van der Waals surface area contributed by atoms with Crippen LogP contribution in [0.3, 0.4) is 0 Å². The fourth-order valence-electron chi connectivity index (χ4n) is 1.48. The normalized spacial score (nSPS) is 12.9. The Labute approximate surface area is 99.6 Å². The Morgan fingerprint density at radius 3 is 2.50 bits per heavy atom. The Balaban J connectivity index is 3.36. The van der Waals surface area contributed by atoms with E-state index in [0.29, 0.717) is 19.3 Å².